The number of amides is 1. The van der Waals surface area contributed by atoms with Gasteiger partial charge in [-0.25, -0.2) is 4.98 Å². The van der Waals surface area contributed by atoms with Crippen molar-refractivity contribution in [1.29, 1.82) is 0 Å². The van der Waals surface area contributed by atoms with Crippen molar-refractivity contribution >= 4 is 23.4 Å². The molecule has 1 aliphatic carbocycles. The van der Waals surface area contributed by atoms with Crippen LogP contribution in [-0.2, 0) is 16.0 Å². The van der Waals surface area contributed by atoms with Crippen molar-refractivity contribution in [2.24, 2.45) is 23.2 Å². The first kappa shape index (κ1) is 34.3. The van der Waals surface area contributed by atoms with Crippen LogP contribution in [0.5, 0.6) is 11.5 Å². The number of esters is 1. The molecule has 3 aromatic rings. The Hall–Kier alpha value is -4.07. The van der Waals surface area contributed by atoms with Crippen molar-refractivity contribution in [3.63, 3.8) is 0 Å². The molecule has 0 spiro atoms. The molecular weight excluding hydrogens is 590 g/mol. The van der Waals surface area contributed by atoms with Crippen LogP contribution in [0.15, 0.2) is 66.9 Å². The van der Waals surface area contributed by atoms with E-state index in [1.165, 1.54) is 0 Å². The van der Waals surface area contributed by atoms with Gasteiger partial charge in [-0.3, -0.25) is 14.5 Å². The highest BCUT2D eigenvalue weighted by Crippen LogP contribution is 2.37. The normalized spacial score (nSPS) is 20.8. The number of methoxy groups -OCH3 is 1. The lowest BCUT2D eigenvalue weighted by molar-refractivity contribution is -0.145. The number of carbonyl (C=O) groups excluding carboxylic acids is 2. The van der Waals surface area contributed by atoms with E-state index in [0.717, 1.165) is 55.1 Å². The maximum absolute atomic E-state index is 14.3. The largest absolute Gasteiger partial charge is 0.497 e. The van der Waals surface area contributed by atoms with E-state index in [2.05, 4.69) is 44.5 Å². The first-order valence-corrected chi connectivity index (χ1v) is 17.1. The minimum atomic E-state index is -0.119. The van der Waals surface area contributed by atoms with Gasteiger partial charge in [-0.05, 0) is 90.8 Å². The third kappa shape index (κ3) is 9.27. The summed E-state index contributed by atoms with van der Waals surface area (Å²) in [5, 5.41) is 0. The number of benzene rings is 2. The second-order valence-electron chi connectivity index (χ2n) is 14.4. The molecule has 4 atom stereocenters. The van der Waals surface area contributed by atoms with E-state index < -0.39 is 0 Å². The number of anilines is 2. The Bertz CT molecular complexity index is 1500. The van der Waals surface area contributed by atoms with Crippen LogP contribution in [-0.4, -0.2) is 56.3 Å². The number of piperidine rings is 1. The first-order chi connectivity index (χ1) is 22.5. The fourth-order valence-electron chi connectivity index (χ4n) is 6.39. The molecule has 1 saturated carbocycles. The summed E-state index contributed by atoms with van der Waals surface area (Å²) in [5.41, 5.74) is 2.48. The predicted molar refractivity (Wildman–Crippen MR) is 186 cm³/mol. The molecule has 2 aliphatic rings. The van der Waals surface area contributed by atoms with Crippen LogP contribution in [0.4, 0.5) is 11.5 Å². The summed E-state index contributed by atoms with van der Waals surface area (Å²) in [7, 11) is 1.66. The van der Waals surface area contributed by atoms with Crippen LogP contribution >= 0.6 is 0 Å². The summed E-state index contributed by atoms with van der Waals surface area (Å²) in [6.07, 6.45) is 5.89. The van der Waals surface area contributed by atoms with Crippen molar-refractivity contribution in [2.45, 2.75) is 72.8 Å². The first-order valence-electron chi connectivity index (χ1n) is 17.1. The van der Waals surface area contributed by atoms with Crippen molar-refractivity contribution in [1.82, 2.24) is 4.98 Å². The van der Waals surface area contributed by atoms with Gasteiger partial charge in [0.25, 0.3) is 5.91 Å². The van der Waals surface area contributed by atoms with Gasteiger partial charge in [-0.15, -0.1) is 0 Å². The minimum Gasteiger partial charge on any atom is -0.497 e. The van der Waals surface area contributed by atoms with E-state index in [1.54, 1.807) is 18.2 Å². The van der Waals surface area contributed by atoms with Crippen molar-refractivity contribution < 1.29 is 23.8 Å². The predicted octanol–water partition coefficient (Wildman–Crippen LogP) is 7.60. The zero-order valence-corrected chi connectivity index (χ0v) is 28.9. The van der Waals surface area contributed by atoms with E-state index in [4.69, 9.17) is 14.2 Å². The van der Waals surface area contributed by atoms with Gasteiger partial charge in [-0.1, -0.05) is 52.8 Å². The Morgan fingerprint density at radius 3 is 2.53 bits per heavy atom. The Kier molecular flexibility index (Phi) is 11.1. The smallest absolute Gasteiger partial charge is 0.306 e. The number of aryl methyl sites for hydroxylation is 1. The number of hydrogen-bond donors (Lipinski definition) is 0. The zero-order valence-electron chi connectivity index (χ0n) is 28.9. The van der Waals surface area contributed by atoms with Crippen LogP contribution in [0.1, 0.15) is 76.2 Å². The number of aromatic nitrogens is 1. The summed E-state index contributed by atoms with van der Waals surface area (Å²) in [6, 6.07) is 19.5. The van der Waals surface area contributed by atoms with Crippen LogP contribution in [0.25, 0.3) is 0 Å². The molecule has 8 heteroatoms. The van der Waals surface area contributed by atoms with Crippen molar-refractivity contribution in [2.75, 3.05) is 43.2 Å². The van der Waals surface area contributed by atoms with E-state index in [9.17, 15) is 9.59 Å². The molecule has 8 nitrogen and oxygen atoms in total. The summed E-state index contributed by atoms with van der Waals surface area (Å²) >= 11 is 0. The molecule has 0 radical (unpaired) electrons. The van der Waals surface area contributed by atoms with Gasteiger partial charge in [-0.2, -0.15) is 0 Å². The number of pyridine rings is 1. The lowest BCUT2D eigenvalue weighted by atomic mass is 9.87. The van der Waals surface area contributed by atoms with Gasteiger partial charge < -0.3 is 19.1 Å². The molecule has 3 unspecified atom stereocenters. The quantitative estimate of drug-likeness (QED) is 0.178. The molecule has 0 N–H and O–H groups in total. The third-order valence-corrected chi connectivity index (χ3v) is 9.31. The van der Waals surface area contributed by atoms with Crippen LogP contribution in [0.2, 0.25) is 0 Å². The van der Waals surface area contributed by atoms with E-state index >= 15 is 0 Å². The lowest BCUT2D eigenvalue weighted by Gasteiger charge is -2.39. The average Bonchev–Trinajstić information content (AvgIpc) is 3.83. The number of carbonyl (C=O) groups is 2. The topological polar surface area (TPSA) is 81.2 Å². The highest BCUT2D eigenvalue weighted by molar-refractivity contribution is 6.09. The third-order valence-electron chi connectivity index (χ3n) is 9.31. The maximum atomic E-state index is 14.3. The fraction of sp³-hybridized carbons (Fsp3) is 0.513. The molecule has 2 aromatic carbocycles. The molecule has 1 saturated heterocycles. The number of hydrogen-bond acceptors (Lipinski definition) is 7. The van der Waals surface area contributed by atoms with E-state index in [1.807, 2.05) is 60.7 Å². The molecule has 1 aromatic heterocycles. The zero-order chi connectivity index (χ0) is 33.6. The van der Waals surface area contributed by atoms with Crippen molar-refractivity contribution in [3.05, 3.63) is 78.0 Å². The number of nitrogens with zero attached hydrogens (tertiary/aromatic N) is 3. The number of rotatable bonds is 13. The monoisotopic (exact) mass is 641 g/mol. The molecule has 5 rings (SSSR count). The van der Waals surface area contributed by atoms with Gasteiger partial charge >= 0.3 is 5.97 Å². The van der Waals surface area contributed by atoms with Crippen LogP contribution < -0.4 is 19.3 Å². The highest BCUT2D eigenvalue weighted by atomic mass is 16.5. The maximum Gasteiger partial charge on any atom is 0.306 e. The van der Waals surface area contributed by atoms with Crippen molar-refractivity contribution in [3.8, 4) is 11.5 Å². The fourth-order valence-corrected chi connectivity index (χ4v) is 6.39. The number of ether oxygens (including phenoxy) is 3. The summed E-state index contributed by atoms with van der Waals surface area (Å²) in [6.45, 7) is 13.5. The highest BCUT2D eigenvalue weighted by Gasteiger charge is 2.39. The van der Waals surface area contributed by atoms with Crippen LogP contribution in [0, 0.1) is 23.2 Å². The summed E-state index contributed by atoms with van der Waals surface area (Å²) < 4.78 is 17.5. The van der Waals surface area contributed by atoms with E-state index in [-0.39, 0.29) is 23.4 Å². The molecule has 1 aliphatic heterocycles. The van der Waals surface area contributed by atoms with Crippen LogP contribution in [0.3, 0.4) is 0 Å². The van der Waals surface area contributed by atoms with Gasteiger partial charge in [0.05, 0.1) is 25.0 Å². The summed E-state index contributed by atoms with van der Waals surface area (Å²) in [4.78, 5) is 35.2. The SMILES string of the molecule is CC[C@H]1CC1OC(=O)CCc1cccc(OCC2CCN(c3cc(OC)ccc3C(=O)N(CC(C)(C)C)c3ccccn3)CC2C)c1. The molecule has 2 heterocycles. The molecule has 2 fully saturated rings. The van der Waals surface area contributed by atoms with Gasteiger partial charge in [0.1, 0.15) is 23.4 Å². The Morgan fingerprint density at radius 1 is 1.02 bits per heavy atom. The molecule has 47 heavy (non-hydrogen) atoms. The minimum absolute atomic E-state index is 0.0692. The van der Waals surface area contributed by atoms with Gasteiger partial charge in [0.2, 0.25) is 0 Å². The standard InChI is InChI=1S/C39H51N3O5/c1-7-29-22-35(29)47-37(43)17-14-28-11-10-12-32(21-28)46-25-30-18-20-41(24-27(30)2)34-23-31(45-6)15-16-33(34)38(44)42(26-39(3,4)5)36-13-8-9-19-40-36/h8-13,15-16,19,21,23,27,29-30,35H,7,14,17-18,20,22,24-26H2,1-6H3/t27?,29-,30?,35?/m0/s1. The Labute approximate surface area is 280 Å². The van der Waals surface area contributed by atoms with Gasteiger partial charge in [0, 0.05) is 38.3 Å². The second kappa shape index (κ2) is 15.2. The van der Waals surface area contributed by atoms with Gasteiger partial charge in [0.15, 0.2) is 0 Å². The molecule has 0 bridgehead atoms. The van der Waals surface area contributed by atoms with E-state index in [0.29, 0.717) is 55.1 Å². The molecular formula is C39H51N3O5. The Balaban J connectivity index is 1.22. The average molecular weight is 642 g/mol. The summed E-state index contributed by atoms with van der Waals surface area (Å²) in [5.74, 6) is 3.26. The second-order valence-corrected chi connectivity index (χ2v) is 14.4. The molecule has 1 amide bonds. The Morgan fingerprint density at radius 2 is 1.85 bits per heavy atom. The lowest BCUT2D eigenvalue weighted by Crippen LogP contribution is -2.43. The molecule has 252 valence electrons.